The average Bonchev–Trinajstić information content (AvgIpc) is 2.95. The van der Waals surface area contributed by atoms with E-state index in [0.29, 0.717) is 53.9 Å². The number of rotatable bonds is 12. The molecule has 2 aliphatic heterocycles. The third-order valence-corrected chi connectivity index (χ3v) is 9.41. The lowest BCUT2D eigenvalue weighted by atomic mass is 9.89. The fourth-order valence-corrected chi connectivity index (χ4v) is 6.95. The molecule has 0 saturated carbocycles. The van der Waals surface area contributed by atoms with Gasteiger partial charge in [-0.25, -0.2) is 17.6 Å². The second-order valence-corrected chi connectivity index (χ2v) is 12.0. The summed E-state index contributed by atoms with van der Waals surface area (Å²) in [5, 5.41) is 0.499. The highest BCUT2D eigenvalue weighted by Gasteiger charge is 2.39. The SMILES string of the molecule is CCCCCOCC1CCC(C2CCC(c3ccc(C(F)(F)Oc4cc(F)c(/C=C/F)c(F)c4)c(F)c3)OC2)SC1. The lowest BCUT2D eigenvalue weighted by Crippen LogP contribution is -2.33. The van der Waals surface area contributed by atoms with Crippen molar-refractivity contribution in [3.63, 3.8) is 0 Å². The Balaban J connectivity index is 1.28. The summed E-state index contributed by atoms with van der Waals surface area (Å²) in [4.78, 5) is 0. The molecule has 2 saturated heterocycles. The van der Waals surface area contributed by atoms with Gasteiger partial charge in [-0.1, -0.05) is 25.8 Å². The van der Waals surface area contributed by atoms with Gasteiger partial charge in [-0.15, -0.1) is 0 Å². The summed E-state index contributed by atoms with van der Waals surface area (Å²) >= 11 is 1.97. The first-order valence-corrected chi connectivity index (χ1v) is 15.2. The van der Waals surface area contributed by atoms with Crippen LogP contribution in [0.3, 0.4) is 0 Å². The van der Waals surface area contributed by atoms with Crippen molar-refractivity contribution in [2.24, 2.45) is 11.8 Å². The molecule has 0 amide bonds. The van der Waals surface area contributed by atoms with Gasteiger partial charge in [0.15, 0.2) is 0 Å². The number of benzene rings is 2. The lowest BCUT2D eigenvalue weighted by Gasteiger charge is -2.37. The van der Waals surface area contributed by atoms with Crippen LogP contribution in [0.25, 0.3) is 6.08 Å². The van der Waals surface area contributed by atoms with Crippen LogP contribution in [0.5, 0.6) is 5.75 Å². The largest absolute Gasteiger partial charge is 0.429 e. The van der Waals surface area contributed by atoms with Crippen LogP contribution in [-0.2, 0) is 15.6 Å². The minimum atomic E-state index is -4.21. The van der Waals surface area contributed by atoms with Gasteiger partial charge >= 0.3 is 6.11 Å². The molecule has 10 heteroatoms. The van der Waals surface area contributed by atoms with E-state index in [2.05, 4.69) is 11.7 Å². The fourth-order valence-electron chi connectivity index (χ4n) is 5.37. The highest BCUT2D eigenvalue weighted by Crippen LogP contribution is 2.41. The Labute approximate surface area is 241 Å². The number of hydrogen-bond donors (Lipinski definition) is 0. The first-order chi connectivity index (χ1) is 19.7. The Bertz CT molecular complexity index is 1140. The molecule has 2 aliphatic rings. The van der Waals surface area contributed by atoms with Gasteiger partial charge in [0.05, 0.1) is 31.2 Å². The molecule has 0 aromatic heterocycles. The Morgan fingerprint density at radius 3 is 2.39 bits per heavy atom. The maximum atomic E-state index is 14.9. The molecular formula is C31H36F6O3S. The summed E-state index contributed by atoms with van der Waals surface area (Å²) in [5.41, 5.74) is -1.38. The molecule has 4 rings (SSSR count). The van der Waals surface area contributed by atoms with Crippen LogP contribution in [0.4, 0.5) is 26.3 Å². The summed E-state index contributed by atoms with van der Waals surface area (Å²) < 4.78 is 101. The van der Waals surface area contributed by atoms with Crippen molar-refractivity contribution in [3.8, 4) is 5.75 Å². The lowest BCUT2D eigenvalue weighted by molar-refractivity contribution is -0.187. The number of thioether (sulfide) groups is 1. The van der Waals surface area contributed by atoms with Crippen LogP contribution in [0, 0.1) is 29.3 Å². The van der Waals surface area contributed by atoms with Crippen molar-refractivity contribution >= 4 is 17.8 Å². The van der Waals surface area contributed by atoms with Crippen LogP contribution >= 0.6 is 11.8 Å². The molecule has 4 atom stereocenters. The van der Waals surface area contributed by atoms with Gasteiger partial charge in [0.25, 0.3) is 0 Å². The Hall–Kier alpha value is -2.17. The van der Waals surface area contributed by atoms with Gasteiger partial charge in [0.1, 0.15) is 23.2 Å². The van der Waals surface area contributed by atoms with Crippen LogP contribution in [0.2, 0.25) is 0 Å². The van der Waals surface area contributed by atoms with Crippen molar-refractivity contribution in [3.05, 3.63) is 70.8 Å². The van der Waals surface area contributed by atoms with E-state index in [1.165, 1.54) is 18.9 Å². The van der Waals surface area contributed by atoms with Crippen LogP contribution in [0.15, 0.2) is 36.7 Å². The molecule has 2 aromatic rings. The zero-order valence-corrected chi connectivity index (χ0v) is 23.8. The van der Waals surface area contributed by atoms with E-state index in [1.807, 2.05) is 11.8 Å². The molecule has 41 heavy (non-hydrogen) atoms. The Morgan fingerprint density at radius 1 is 1.00 bits per heavy atom. The van der Waals surface area contributed by atoms with Gasteiger partial charge in [-0.2, -0.15) is 20.5 Å². The molecule has 2 fully saturated rings. The van der Waals surface area contributed by atoms with Crippen LogP contribution in [-0.4, -0.2) is 30.8 Å². The Morgan fingerprint density at radius 2 is 1.78 bits per heavy atom. The summed E-state index contributed by atoms with van der Waals surface area (Å²) in [7, 11) is 0. The zero-order valence-electron chi connectivity index (χ0n) is 23.0. The van der Waals surface area contributed by atoms with Crippen molar-refractivity contribution in [1.82, 2.24) is 0 Å². The van der Waals surface area contributed by atoms with Crippen molar-refractivity contribution in [2.45, 2.75) is 69.3 Å². The summed E-state index contributed by atoms with van der Waals surface area (Å²) in [6.45, 7) is 4.34. The highest BCUT2D eigenvalue weighted by atomic mass is 32.2. The second-order valence-electron chi connectivity index (χ2n) is 10.7. The van der Waals surface area contributed by atoms with E-state index in [9.17, 15) is 26.3 Å². The third-order valence-electron chi connectivity index (χ3n) is 7.69. The maximum Gasteiger partial charge on any atom is 0.429 e. The number of unbranched alkanes of at least 4 members (excludes halogenated alkanes) is 2. The van der Waals surface area contributed by atoms with E-state index in [4.69, 9.17) is 9.47 Å². The van der Waals surface area contributed by atoms with Crippen molar-refractivity contribution < 1.29 is 40.6 Å². The molecule has 0 aliphatic carbocycles. The number of ether oxygens (including phenoxy) is 3. The average molecular weight is 603 g/mol. The number of halogens is 6. The summed E-state index contributed by atoms with van der Waals surface area (Å²) in [6.07, 6.45) is 3.08. The first kappa shape index (κ1) is 31.8. The van der Waals surface area contributed by atoms with Crippen LogP contribution in [0.1, 0.15) is 74.7 Å². The molecule has 226 valence electrons. The molecule has 2 heterocycles. The zero-order chi connectivity index (χ0) is 29.4. The summed E-state index contributed by atoms with van der Waals surface area (Å²) in [6, 6.07) is 4.22. The van der Waals surface area contributed by atoms with Gasteiger partial charge in [-0.05, 0) is 73.5 Å². The smallest absolute Gasteiger partial charge is 0.429 e. The van der Waals surface area contributed by atoms with Gasteiger partial charge < -0.3 is 14.2 Å². The van der Waals surface area contributed by atoms with Crippen LogP contribution < -0.4 is 4.74 Å². The predicted molar refractivity (Wildman–Crippen MR) is 148 cm³/mol. The second kappa shape index (κ2) is 14.8. The highest BCUT2D eigenvalue weighted by molar-refractivity contribution is 7.99. The van der Waals surface area contributed by atoms with Crippen molar-refractivity contribution in [2.75, 3.05) is 25.6 Å². The monoisotopic (exact) mass is 602 g/mol. The molecular weight excluding hydrogens is 566 g/mol. The molecule has 4 unspecified atom stereocenters. The number of alkyl halides is 2. The molecule has 0 N–H and O–H groups in total. The first-order valence-electron chi connectivity index (χ1n) is 14.1. The molecule has 0 radical (unpaired) electrons. The molecule has 2 aromatic carbocycles. The van der Waals surface area contributed by atoms with E-state index in [-0.39, 0.29) is 6.33 Å². The van der Waals surface area contributed by atoms with Crippen molar-refractivity contribution in [1.29, 1.82) is 0 Å². The third kappa shape index (κ3) is 8.45. The van der Waals surface area contributed by atoms with E-state index < -0.39 is 46.5 Å². The topological polar surface area (TPSA) is 27.7 Å². The molecule has 3 nitrogen and oxygen atoms in total. The maximum absolute atomic E-state index is 14.9. The predicted octanol–water partition coefficient (Wildman–Crippen LogP) is 9.36. The van der Waals surface area contributed by atoms with E-state index in [0.717, 1.165) is 56.8 Å². The minimum Gasteiger partial charge on any atom is -0.429 e. The van der Waals surface area contributed by atoms with E-state index in [1.54, 1.807) is 0 Å². The van der Waals surface area contributed by atoms with Gasteiger partial charge in [0, 0.05) is 29.6 Å². The molecule has 0 spiro atoms. The van der Waals surface area contributed by atoms with E-state index >= 15 is 0 Å². The van der Waals surface area contributed by atoms with Gasteiger partial charge in [-0.3, -0.25) is 0 Å². The minimum absolute atomic E-state index is 0.0828. The standard InChI is InChI=1S/C31H36F6O3S/c1-2-3-4-13-38-17-20-5-10-30(41-19-20)22-7-9-29(39-18-22)21-6-8-25(28(35)14-21)31(36,37)40-23-15-26(33)24(11-12-32)27(34)16-23/h6,8,11-12,14-16,20,22,29-30H,2-5,7,9-10,13,17-19H2,1H3/b12-11+. The van der Waals surface area contributed by atoms with Gasteiger partial charge in [0.2, 0.25) is 0 Å². The molecule has 0 bridgehead atoms. The summed E-state index contributed by atoms with van der Waals surface area (Å²) in [5.74, 6) is -2.65. The number of hydrogen-bond acceptors (Lipinski definition) is 4. The quantitative estimate of drug-likeness (QED) is 0.179. The Kier molecular flexibility index (Phi) is 11.5. The normalized spacial score (nSPS) is 23.7. The fraction of sp³-hybridized carbons (Fsp3) is 0.548.